The quantitative estimate of drug-likeness (QED) is 0.643. The van der Waals surface area contributed by atoms with Crippen LogP contribution in [-0.4, -0.2) is 36.3 Å². The molecule has 0 unspecified atom stereocenters. The van der Waals surface area contributed by atoms with Gasteiger partial charge in [-0.1, -0.05) is 12.1 Å². The molecule has 1 aliphatic rings. The van der Waals surface area contributed by atoms with Gasteiger partial charge in [0.25, 0.3) is 0 Å². The van der Waals surface area contributed by atoms with E-state index in [1.54, 1.807) is 24.0 Å². The minimum Gasteiger partial charge on any atom is -0.474 e. The fourth-order valence-electron chi connectivity index (χ4n) is 2.67. The van der Waals surface area contributed by atoms with Crippen LogP contribution in [0, 0.1) is 5.41 Å². The lowest BCUT2D eigenvalue weighted by Crippen LogP contribution is -2.27. The molecule has 3 rings (SSSR count). The number of aromatic nitrogens is 1. The van der Waals surface area contributed by atoms with E-state index in [0.717, 1.165) is 23.3 Å². The van der Waals surface area contributed by atoms with Gasteiger partial charge in [0.05, 0.1) is 24.5 Å². The van der Waals surface area contributed by atoms with E-state index >= 15 is 0 Å². The Morgan fingerprint density at radius 1 is 1.33 bits per heavy atom. The molecule has 2 heterocycles. The lowest BCUT2D eigenvalue weighted by molar-refractivity contribution is 0.0237. The highest BCUT2D eigenvalue weighted by Gasteiger charge is 2.21. The number of nitrogens with two attached hydrogens (primary N) is 1. The molecular formula is C18H21N3O2S. The predicted octanol–water partition coefficient (Wildman–Crippen LogP) is 3.36. The summed E-state index contributed by atoms with van der Waals surface area (Å²) in [6, 6.07) is 9.57. The fraction of sp³-hybridized carbons (Fsp3) is 0.333. The zero-order valence-corrected chi connectivity index (χ0v) is 14.4. The molecule has 0 atom stereocenters. The van der Waals surface area contributed by atoms with Gasteiger partial charge in [0.2, 0.25) is 5.88 Å². The second-order valence-electron chi connectivity index (χ2n) is 5.62. The van der Waals surface area contributed by atoms with Crippen molar-refractivity contribution >= 4 is 23.2 Å². The number of ether oxygens (including phenoxy) is 2. The van der Waals surface area contributed by atoms with Crippen molar-refractivity contribution in [3.63, 3.8) is 0 Å². The summed E-state index contributed by atoms with van der Waals surface area (Å²) in [7, 11) is 0. The first-order chi connectivity index (χ1) is 11.7. The van der Waals surface area contributed by atoms with E-state index in [2.05, 4.69) is 4.98 Å². The van der Waals surface area contributed by atoms with Gasteiger partial charge in [0.1, 0.15) is 6.10 Å². The number of benzene rings is 1. The fourth-order valence-corrected chi connectivity index (χ4v) is 3.13. The number of nitrogen functional groups attached to an aromatic ring is 1. The number of anilines is 1. The van der Waals surface area contributed by atoms with Crippen LogP contribution in [0.1, 0.15) is 24.0 Å². The maximum atomic E-state index is 8.61. The Balaban J connectivity index is 1.92. The van der Waals surface area contributed by atoms with E-state index in [-0.39, 0.29) is 6.10 Å². The SMILES string of the molecule is CSc1cccc(C(=N)c2c(N)ccnc2OC2CCOCC2)c1. The highest BCUT2D eigenvalue weighted by Crippen LogP contribution is 2.28. The second kappa shape index (κ2) is 7.68. The summed E-state index contributed by atoms with van der Waals surface area (Å²) in [6.45, 7) is 1.38. The standard InChI is InChI=1S/C18H21N3O2S/c1-24-14-4-2-3-12(11-14)17(20)16-15(19)5-8-21-18(16)23-13-6-9-22-10-7-13/h2-5,8,11,13,20H,6-7,9-10H2,1H3,(H2,19,21). The third-order valence-electron chi connectivity index (χ3n) is 4.00. The minimum atomic E-state index is 0.0529. The average Bonchev–Trinajstić information content (AvgIpc) is 2.62. The van der Waals surface area contributed by atoms with Gasteiger partial charge in [-0.25, -0.2) is 4.98 Å². The third-order valence-corrected chi connectivity index (χ3v) is 4.73. The topological polar surface area (TPSA) is 81.2 Å². The van der Waals surface area contributed by atoms with Gasteiger partial charge in [-0.3, -0.25) is 5.41 Å². The molecule has 1 saturated heterocycles. The largest absolute Gasteiger partial charge is 0.474 e. The predicted molar refractivity (Wildman–Crippen MR) is 97.3 cm³/mol. The van der Waals surface area contributed by atoms with Crippen LogP contribution in [0.5, 0.6) is 5.88 Å². The zero-order valence-electron chi connectivity index (χ0n) is 13.6. The number of hydrogen-bond donors (Lipinski definition) is 2. The summed E-state index contributed by atoms with van der Waals surface area (Å²) in [4.78, 5) is 5.44. The van der Waals surface area contributed by atoms with E-state index in [1.165, 1.54) is 0 Å². The first-order valence-corrected chi connectivity index (χ1v) is 9.13. The van der Waals surface area contributed by atoms with Gasteiger partial charge in [0.15, 0.2) is 0 Å². The lowest BCUT2D eigenvalue weighted by atomic mass is 10.0. The smallest absolute Gasteiger partial charge is 0.225 e. The lowest BCUT2D eigenvalue weighted by Gasteiger charge is -2.24. The maximum absolute atomic E-state index is 8.61. The summed E-state index contributed by atoms with van der Waals surface area (Å²) in [5.74, 6) is 0.432. The van der Waals surface area contributed by atoms with Gasteiger partial charge in [-0.2, -0.15) is 0 Å². The van der Waals surface area contributed by atoms with Crippen LogP contribution in [0.3, 0.4) is 0 Å². The molecule has 5 nitrogen and oxygen atoms in total. The number of pyridine rings is 1. The van der Waals surface area contributed by atoms with Crippen molar-refractivity contribution in [2.45, 2.75) is 23.8 Å². The first kappa shape index (κ1) is 16.8. The Labute approximate surface area is 146 Å². The number of thioether (sulfide) groups is 1. The molecule has 1 aliphatic heterocycles. The Bertz CT molecular complexity index is 730. The Kier molecular flexibility index (Phi) is 5.37. The highest BCUT2D eigenvalue weighted by atomic mass is 32.2. The van der Waals surface area contributed by atoms with Gasteiger partial charge in [-0.15, -0.1) is 11.8 Å². The van der Waals surface area contributed by atoms with Crippen LogP contribution in [0.15, 0.2) is 41.4 Å². The molecule has 1 aromatic heterocycles. The second-order valence-corrected chi connectivity index (χ2v) is 6.50. The number of hydrogen-bond acceptors (Lipinski definition) is 6. The third kappa shape index (κ3) is 3.71. The molecule has 2 aromatic rings. The molecule has 1 aromatic carbocycles. The molecule has 3 N–H and O–H groups in total. The summed E-state index contributed by atoms with van der Waals surface area (Å²) >= 11 is 1.64. The molecule has 0 saturated carbocycles. The van der Waals surface area contributed by atoms with Gasteiger partial charge < -0.3 is 15.2 Å². The molecule has 24 heavy (non-hydrogen) atoms. The van der Waals surface area contributed by atoms with Gasteiger partial charge >= 0.3 is 0 Å². The molecule has 0 spiro atoms. The van der Waals surface area contributed by atoms with E-state index in [1.807, 2.05) is 30.5 Å². The van der Waals surface area contributed by atoms with Crippen LogP contribution in [0.2, 0.25) is 0 Å². The van der Waals surface area contributed by atoms with E-state index in [4.69, 9.17) is 20.6 Å². The Morgan fingerprint density at radius 3 is 2.88 bits per heavy atom. The highest BCUT2D eigenvalue weighted by molar-refractivity contribution is 7.98. The van der Waals surface area contributed by atoms with Gasteiger partial charge in [-0.05, 0) is 24.5 Å². The van der Waals surface area contributed by atoms with Crippen molar-refractivity contribution in [2.24, 2.45) is 0 Å². The van der Waals surface area contributed by atoms with Crippen LogP contribution in [0.25, 0.3) is 0 Å². The summed E-state index contributed by atoms with van der Waals surface area (Å²) < 4.78 is 11.4. The van der Waals surface area contributed by atoms with Crippen molar-refractivity contribution in [3.05, 3.63) is 47.7 Å². The molecule has 1 fully saturated rings. The number of nitrogens with one attached hydrogen (secondary N) is 1. The molecular weight excluding hydrogens is 322 g/mol. The van der Waals surface area contributed by atoms with Crippen molar-refractivity contribution in [3.8, 4) is 5.88 Å². The zero-order chi connectivity index (χ0) is 16.9. The Morgan fingerprint density at radius 2 is 2.12 bits per heavy atom. The molecule has 126 valence electrons. The van der Waals surface area contributed by atoms with Crippen LogP contribution < -0.4 is 10.5 Å². The van der Waals surface area contributed by atoms with Crippen molar-refractivity contribution < 1.29 is 9.47 Å². The molecule has 0 amide bonds. The van der Waals surface area contributed by atoms with E-state index < -0.39 is 0 Å². The molecule has 0 aliphatic carbocycles. The van der Waals surface area contributed by atoms with Crippen LogP contribution >= 0.6 is 11.8 Å². The minimum absolute atomic E-state index is 0.0529. The summed E-state index contributed by atoms with van der Waals surface area (Å²) in [5.41, 5.74) is 8.34. The molecule has 6 heteroatoms. The maximum Gasteiger partial charge on any atom is 0.225 e. The number of nitrogens with zero attached hydrogens (tertiary/aromatic N) is 1. The number of rotatable bonds is 5. The monoisotopic (exact) mass is 343 g/mol. The first-order valence-electron chi connectivity index (χ1n) is 7.91. The summed E-state index contributed by atoms with van der Waals surface area (Å²) in [6.07, 6.45) is 5.34. The van der Waals surface area contributed by atoms with Crippen molar-refractivity contribution in [2.75, 3.05) is 25.2 Å². The average molecular weight is 343 g/mol. The van der Waals surface area contributed by atoms with E-state index in [0.29, 0.717) is 36.1 Å². The Hall–Kier alpha value is -2.05. The van der Waals surface area contributed by atoms with Crippen molar-refractivity contribution in [1.29, 1.82) is 5.41 Å². The van der Waals surface area contributed by atoms with Crippen LogP contribution in [0.4, 0.5) is 5.69 Å². The van der Waals surface area contributed by atoms with Crippen molar-refractivity contribution in [1.82, 2.24) is 4.98 Å². The van der Waals surface area contributed by atoms with Gasteiger partial charge in [0, 0.05) is 35.2 Å². The van der Waals surface area contributed by atoms with E-state index in [9.17, 15) is 0 Å². The normalized spacial score (nSPS) is 15.2. The summed E-state index contributed by atoms with van der Waals surface area (Å²) in [5, 5.41) is 8.61. The molecule has 0 bridgehead atoms. The molecule has 0 radical (unpaired) electrons. The van der Waals surface area contributed by atoms with Crippen LogP contribution in [-0.2, 0) is 4.74 Å².